The largest absolute Gasteiger partial charge is 0.308 e. The summed E-state index contributed by atoms with van der Waals surface area (Å²) >= 11 is 3.37. The highest BCUT2D eigenvalue weighted by Gasteiger charge is 1.97. The molecule has 1 aromatic carbocycles. The molecule has 2 nitrogen and oxygen atoms in total. The average molecular weight is 239 g/mol. The Bertz CT molecular complexity index is 332. The highest BCUT2D eigenvalue weighted by Crippen LogP contribution is 2.22. The highest BCUT2D eigenvalue weighted by molar-refractivity contribution is 9.10. The Hall–Kier alpha value is -0.960. The summed E-state index contributed by atoms with van der Waals surface area (Å²) in [5.41, 5.74) is 1.68. The first-order valence-corrected chi connectivity index (χ1v) is 4.89. The predicted octanol–water partition coefficient (Wildman–Crippen LogP) is 3.56. The first-order valence-electron chi connectivity index (χ1n) is 4.10. The summed E-state index contributed by atoms with van der Waals surface area (Å²) in [5, 5.41) is 7.18. The van der Waals surface area contributed by atoms with E-state index in [0.717, 1.165) is 22.1 Å². The van der Waals surface area contributed by atoms with E-state index in [9.17, 15) is 0 Å². The molecule has 68 valence electrons. The zero-order valence-electron chi connectivity index (χ0n) is 7.42. The Morgan fingerprint density at radius 2 is 2.31 bits per heavy atom. The van der Waals surface area contributed by atoms with Crippen LogP contribution in [-0.2, 0) is 0 Å². The zero-order chi connectivity index (χ0) is 9.68. The van der Waals surface area contributed by atoms with E-state index in [1.165, 1.54) is 6.21 Å². The Balaban J connectivity index is 3.08. The van der Waals surface area contributed by atoms with Gasteiger partial charge in [0.15, 0.2) is 0 Å². The predicted molar refractivity (Wildman–Crippen MR) is 60.5 cm³/mol. The number of rotatable bonds is 3. The Kier molecular flexibility index (Phi) is 3.83. The fourth-order valence-corrected chi connectivity index (χ4v) is 1.29. The van der Waals surface area contributed by atoms with Crippen LogP contribution in [0.2, 0.25) is 0 Å². The molecule has 0 aromatic heterocycles. The topological polar surface area (TPSA) is 36.2 Å². The molecule has 0 atom stereocenters. The summed E-state index contributed by atoms with van der Waals surface area (Å²) in [7, 11) is 0. The average Bonchev–Trinajstić information content (AvgIpc) is 2.15. The molecule has 0 radical (unpaired) electrons. The van der Waals surface area contributed by atoms with E-state index in [4.69, 9.17) is 5.41 Å². The van der Waals surface area contributed by atoms with Gasteiger partial charge in [-0.2, -0.15) is 0 Å². The minimum absolute atomic E-state index is 0.839. The van der Waals surface area contributed by atoms with Gasteiger partial charge in [0.05, 0.1) is 5.69 Å². The molecule has 1 N–H and O–H groups in total. The van der Waals surface area contributed by atoms with E-state index in [2.05, 4.69) is 20.9 Å². The molecule has 13 heavy (non-hydrogen) atoms. The smallest absolute Gasteiger partial charge is 0.0724 e. The van der Waals surface area contributed by atoms with Crippen LogP contribution >= 0.6 is 15.9 Å². The monoisotopic (exact) mass is 238 g/mol. The van der Waals surface area contributed by atoms with Gasteiger partial charge in [0.1, 0.15) is 0 Å². The third-order valence-corrected chi connectivity index (χ3v) is 2.05. The number of aliphatic imine (C=N–C) groups is 1. The quantitative estimate of drug-likeness (QED) is 0.783. The Labute approximate surface area is 86.3 Å². The van der Waals surface area contributed by atoms with E-state index in [-0.39, 0.29) is 0 Å². The third-order valence-electron chi connectivity index (χ3n) is 1.56. The second-order valence-corrected chi connectivity index (χ2v) is 3.48. The lowest BCUT2D eigenvalue weighted by Gasteiger charge is -1.99. The van der Waals surface area contributed by atoms with Crippen molar-refractivity contribution in [2.24, 2.45) is 4.99 Å². The Morgan fingerprint density at radius 1 is 1.54 bits per heavy atom. The molecule has 0 bridgehead atoms. The van der Waals surface area contributed by atoms with Crippen molar-refractivity contribution >= 4 is 34.0 Å². The maximum atomic E-state index is 7.18. The maximum absolute atomic E-state index is 7.18. The van der Waals surface area contributed by atoms with Gasteiger partial charge in [-0.1, -0.05) is 28.9 Å². The van der Waals surface area contributed by atoms with Gasteiger partial charge < -0.3 is 5.41 Å². The summed E-state index contributed by atoms with van der Waals surface area (Å²) in [6, 6.07) is 5.69. The van der Waals surface area contributed by atoms with Crippen LogP contribution < -0.4 is 0 Å². The minimum Gasteiger partial charge on any atom is -0.308 e. The van der Waals surface area contributed by atoms with Gasteiger partial charge in [-0.05, 0) is 18.6 Å². The van der Waals surface area contributed by atoms with Gasteiger partial charge in [0.25, 0.3) is 0 Å². The summed E-state index contributed by atoms with van der Waals surface area (Å²) in [6.45, 7) is 2.03. The summed E-state index contributed by atoms with van der Waals surface area (Å²) in [4.78, 5) is 4.25. The molecule has 0 saturated carbocycles. The molecular weight excluding hydrogens is 228 g/mol. The number of nitrogens with one attached hydrogen (secondary N) is 1. The highest BCUT2D eigenvalue weighted by atomic mass is 79.9. The van der Waals surface area contributed by atoms with Crippen LogP contribution in [0, 0.1) is 5.41 Å². The second-order valence-electron chi connectivity index (χ2n) is 2.57. The van der Waals surface area contributed by atoms with Crippen molar-refractivity contribution in [3.8, 4) is 0 Å². The van der Waals surface area contributed by atoms with Crippen LogP contribution in [0.25, 0.3) is 0 Å². The molecule has 0 fully saturated rings. The molecular formula is C10H11BrN2. The minimum atomic E-state index is 0.839. The molecule has 0 saturated heterocycles. The van der Waals surface area contributed by atoms with Crippen molar-refractivity contribution in [2.75, 3.05) is 0 Å². The van der Waals surface area contributed by atoms with Crippen molar-refractivity contribution in [1.29, 1.82) is 5.41 Å². The number of hydrogen-bond donors (Lipinski definition) is 1. The van der Waals surface area contributed by atoms with Crippen LogP contribution in [0.3, 0.4) is 0 Å². The third kappa shape index (κ3) is 2.77. The van der Waals surface area contributed by atoms with Crippen molar-refractivity contribution in [3.63, 3.8) is 0 Å². The molecule has 0 heterocycles. The van der Waals surface area contributed by atoms with E-state index in [0.29, 0.717) is 0 Å². The van der Waals surface area contributed by atoms with Crippen molar-refractivity contribution in [2.45, 2.75) is 13.3 Å². The van der Waals surface area contributed by atoms with Crippen LogP contribution in [0.4, 0.5) is 5.69 Å². The van der Waals surface area contributed by atoms with Gasteiger partial charge in [-0.25, -0.2) is 0 Å². The zero-order valence-corrected chi connectivity index (χ0v) is 9.01. The van der Waals surface area contributed by atoms with Gasteiger partial charge in [0, 0.05) is 22.5 Å². The molecule has 0 aliphatic carbocycles. The van der Waals surface area contributed by atoms with Gasteiger partial charge in [-0.3, -0.25) is 4.99 Å². The SMILES string of the molecule is CC/C=N\c1cc(Br)ccc1C=N. The number of halogens is 1. The first kappa shape index (κ1) is 10.1. The van der Waals surface area contributed by atoms with E-state index in [1.807, 2.05) is 31.3 Å². The van der Waals surface area contributed by atoms with Crippen molar-refractivity contribution in [3.05, 3.63) is 28.2 Å². The lowest BCUT2D eigenvalue weighted by Crippen LogP contribution is -1.81. The van der Waals surface area contributed by atoms with E-state index in [1.54, 1.807) is 0 Å². The summed E-state index contributed by atoms with van der Waals surface area (Å²) in [5.74, 6) is 0. The fourth-order valence-electron chi connectivity index (χ4n) is 0.940. The molecule has 0 amide bonds. The summed E-state index contributed by atoms with van der Waals surface area (Å²) in [6.07, 6.45) is 4.06. The molecule has 1 rings (SSSR count). The Morgan fingerprint density at radius 3 is 2.92 bits per heavy atom. The van der Waals surface area contributed by atoms with Gasteiger partial charge in [-0.15, -0.1) is 0 Å². The standard InChI is InChI=1S/C10H11BrN2/c1-2-5-13-10-6-9(11)4-3-8(10)7-12/h3-7,12H,2H2,1H3/b12-7?,13-5-. The van der Waals surface area contributed by atoms with Crippen molar-refractivity contribution in [1.82, 2.24) is 0 Å². The molecule has 3 heteroatoms. The van der Waals surface area contributed by atoms with Crippen LogP contribution in [0.15, 0.2) is 27.7 Å². The number of hydrogen-bond acceptors (Lipinski definition) is 2. The maximum Gasteiger partial charge on any atom is 0.0724 e. The normalized spacial score (nSPS) is 10.6. The molecule has 0 aliphatic rings. The van der Waals surface area contributed by atoms with Crippen LogP contribution in [-0.4, -0.2) is 12.4 Å². The molecule has 0 spiro atoms. The lowest BCUT2D eigenvalue weighted by molar-refractivity contribution is 1.31. The van der Waals surface area contributed by atoms with Crippen LogP contribution in [0.5, 0.6) is 0 Å². The molecule has 1 aromatic rings. The van der Waals surface area contributed by atoms with E-state index >= 15 is 0 Å². The van der Waals surface area contributed by atoms with E-state index < -0.39 is 0 Å². The van der Waals surface area contributed by atoms with Gasteiger partial charge in [0.2, 0.25) is 0 Å². The first-order chi connectivity index (χ1) is 6.27. The second kappa shape index (κ2) is 4.92. The lowest BCUT2D eigenvalue weighted by atomic mass is 10.2. The fraction of sp³-hybridized carbons (Fsp3) is 0.200. The summed E-state index contributed by atoms with van der Waals surface area (Å²) < 4.78 is 0.987. The molecule has 0 unspecified atom stereocenters. The van der Waals surface area contributed by atoms with Crippen molar-refractivity contribution < 1.29 is 0 Å². The number of nitrogens with zero attached hydrogens (tertiary/aromatic N) is 1. The molecule has 0 aliphatic heterocycles. The van der Waals surface area contributed by atoms with Gasteiger partial charge >= 0.3 is 0 Å². The van der Waals surface area contributed by atoms with Crippen LogP contribution in [0.1, 0.15) is 18.9 Å². The number of benzene rings is 1.